The predicted octanol–water partition coefficient (Wildman–Crippen LogP) is 1.83. The second-order valence-electron chi connectivity index (χ2n) is 6.04. The van der Waals surface area contributed by atoms with Crippen molar-refractivity contribution in [3.05, 3.63) is 52.0 Å². The van der Waals surface area contributed by atoms with E-state index in [-0.39, 0.29) is 5.69 Å². The van der Waals surface area contributed by atoms with Gasteiger partial charge in [-0.1, -0.05) is 0 Å². The smallest absolute Gasteiger partial charge is 0.331 e. The van der Waals surface area contributed by atoms with Gasteiger partial charge in [-0.25, -0.2) is 14.2 Å². The molecule has 3 heterocycles. The maximum atomic E-state index is 14.3. The summed E-state index contributed by atoms with van der Waals surface area (Å²) in [5.74, 6) is 0.0111. The second kappa shape index (κ2) is 5.45. The van der Waals surface area contributed by atoms with E-state index in [0.29, 0.717) is 29.2 Å². The topological polar surface area (TPSA) is 62.6 Å². The molecule has 1 aliphatic rings. The Bertz CT molecular complexity index is 992. The third-order valence-corrected chi connectivity index (χ3v) is 4.44. The molecule has 7 heteroatoms. The van der Waals surface area contributed by atoms with Gasteiger partial charge in [-0.05, 0) is 19.2 Å². The number of halogens is 1. The first-order valence-corrected chi connectivity index (χ1v) is 7.72. The number of nitrogens with one attached hydrogen (secondary N) is 1. The van der Waals surface area contributed by atoms with Gasteiger partial charge in [0.1, 0.15) is 17.2 Å². The lowest BCUT2D eigenvalue weighted by Gasteiger charge is -2.24. The third-order valence-electron chi connectivity index (χ3n) is 4.44. The van der Waals surface area contributed by atoms with Crippen molar-refractivity contribution in [3.8, 4) is 17.0 Å². The van der Waals surface area contributed by atoms with Crippen LogP contribution in [0, 0.1) is 5.82 Å². The van der Waals surface area contributed by atoms with Gasteiger partial charge in [-0.15, -0.1) is 0 Å². The molecular weight excluding hydrogens is 311 g/mol. The van der Waals surface area contributed by atoms with E-state index >= 15 is 0 Å². The van der Waals surface area contributed by atoms with Gasteiger partial charge in [-0.2, -0.15) is 0 Å². The summed E-state index contributed by atoms with van der Waals surface area (Å²) in [6, 6.07) is 4.60. The minimum atomic E-state index is -0.430. The zero-order valence-electron chi connectivity index (χ0n) is 13.5. The SMILES string of the molecule is COc1ccc(-c2cn3c(=O)[nH]c4c(c3n2)CN(C)CC4)c(F)c1. The number of methoxy groups -OCH3 is 1. The molecule has 1 aromatic carbocycles. The first kappa shape index (κ1) is 14.9. The van der Waals surface area contributed by atoms with Crippen molar-refractivity contribution >= 4 is 5.65 Å². The van der Waals surface area contributed by atoms with Gasteiger partial charge in [-0.3, -0.25) is 4.40 Å². The van der Waals surface area contributed by atoms with E-state index < -0.39 is 5.82 Å². The lowest BCUT2D eigenvalue weighted by molar-refractivity contribution is 0.310. The van der Waals surface area contributed by atoms with Gasteiger partial charge in [0.25, 0.3) is 0 Å². The van der Waals surface area contributed by atoms with E-state index in [1.54, 1.807) is 18.3 Å². The van der Waals surface area contributed by atoms with Gasteiger partial charge in [0.2, 0.25) is 0 Å². The van der Waals surface area contributed by atoms with Gasteiger partial charge in [0.05, 0.1) is 12.8 Å². The number of hydrogen-bond donors (Lipinski definition) is 1. The number of rotatable bonds is 2. The average Bonchev–Trinajstić information content (AvgIpc) is 3.01. The number of likely N-dealkylation sites (N-methyl/N-ethyl adjacent to an activating group) is 1. The molecule has 24 heavy (non-hydrogen) atoms. The van der Waals surface area contributed by atoms with Crippen molar-refractivity contribution in [3.63, 3.8) is 0 Å². The predicted molar refractivity (Wildman–Crippen MR) is 87.8 cm³/mol. The Balaban J connectivity index is 1.91. The molecular formula is C17H17FN4O2. The number of fused-ring (bicyclic) bond motifs is 3. The van der Waals surface area contributed by atoms with Crippen LogP contribution in [0.1, 0.15) is 11.3 Å². The summed E-state index contributed by atoms with van der Waals surface area (Å²) in [5.41, 5.74) is 3.02. The second-order valence-corrected chi connectivity index (χ2v) is 6.04. The van der Waals surface area contributed by atoms with Crippen molar-refractivity contribution in [2.24, 2.45) is 0 Å². The highest BCUT2D eigenvalue weighted by Gasteiger charge is 2.21. The Morgan fingerprint density at radius 1 is 1.38 bits per heavy atom. The molecule has 0 saturated heterocycles. The van der Waals surface area contributed by atoms with E-state index in [2.05, 4.69) is 14.9 Å². The van der Waals surface area contributed by atoms with E-state index in [1.165, 1.54) is 17.6 Å². The molecule has 0 saturated carbocycles. The first-order valence-electron chi connectivity index (χ1n) is 7.72. The number of aromatic nitrogens is 3. The minimum absolute atomic E-state index is 0.249. The molecule has 124 valence electrons. The molecule has 0 spiro atoms. The van der Waals surface area contributed by atoms with Crippen molar-refractivity contribution in [2.45, 2.75) is 13.0 Å². The Labute approximate surface area is 137 Å². The monoisotopic (exact) mass is 328 g/mol. The van der Waals surface area contributed by atoms with Crippen molar-refractivity contribution in [1.82, 2.24) is 19.3 Å². The van der Waals surface area contributed by atoms with Crippen LogP contribution in [0.25, 0.3) is 16.9 Å². The summed E-state index contributed by atoms with van der Waals surface area (Å²) in [4.78, 5) is 21.9. The maximum Gasteiger partial charge on any atom is 0.331 e. The van der Waals surface area contributed by atoms with E-state index in [9.17, 15) is 9.18 Å². The first-order chi connectivity index (χ1) is 11.6. The largest absolute Gasteiger partial charge is 0.497 e. The molecule has 0 unspecified atom stereocenters. The quantitative estimate of drug-likeness (QED) is 0.779. The summed E-state index contributed by atoms with van der Waals surface area (Å²) in [5, 5.41) is 0. The number of imidazole rings is 1. The fourth-order valence-electron chi connectivity index (χ4n) is 3.14. The number of H-pyrrole nitrogens is 1. The zero-order chi connectivity index (χ0) is 16.8. The number of aromatic amines is 1. The van der Waals surface area contributed by atoms with E-state index in [4.69, 9.17) is 4.74 Å². The number of benzene rings is 1. The van der Waals surface area contributed by atoms with Crippen LogP contribution in [-0.2, 0) is 13.0 Å². The molecule has 2 aromatic heterocycles. The van der Waals surface area contributed by atoms with Gasteiger partial charge >= 0.3 is 5.69 Å². The van der Waals surface area contributed by atoms with Crippen LogP contribution < -0.4 is 10.4 Å². The normalized spacial score (nSPS) is 14.8. The highest BCUT2D eigenvalue weighted by Crippen LogP contribution is 2.27. The highest BCUT2D eigenvalue weighted by atomic mass is 19.1. The van der Waals surface area contributed by atoms with Crippen LogP contribution >= 0.6 is 0 Å². The van der Waals surface area contributed by atoms with Gasteiger partial charge in [0, 0.05) is 48.6 Å². The number of hydrogen-bond acceptors (Lipinski definition) is 4. The summed E-state index contributed by atoms with van der Waals surface area (Å²) < 4.78 is 20.8. The Morgan fingerprint density at radius 3 is 2.96 bits per heavy atom. The van der Waals surface area contributed by atoms with Crippen LogP contribution in [0.4, 0.5) is 4.39 Å². The lowest BCUT2D eigenvalue weighted by Crippen LogP contribution is -2.31. The summed E-state index contributed by atoms with van der Waals surface area (Å²) >= 11 is 0. The average molecular weight is 328 g/mol. The molecule has 0 atom stereocenters. The number of nitrogens with zero attached hydrogens (tertiary/aromatic N) is 3. The number of ether oxygens (including phenoxy) is 1. The van der Waals surface area contributed by atoms with E-state index in [1.807, 2.05) is 7.05 Å². The maximum absolute atomic E-state index is 14.3. The Hall–Kier alpha value is -2.67. The van der Waals surface area contributed by atoms with Crippen LogP contribution in [-0.4, -0.2) is 40.0 Å². The minimum Gasteiger partial charge on any atom is -0.497 e. The van der Waals surface area contributed by atoms with Crippen molar-refractivity contribution < 1.29 is 9.13 Å². The molecule has 0 aliphatic carbocycles. The van der Waals surface area contributed by atoms with E-state index in [0.717, 1.165) is 24.2 Å². The van der Waals surface area contributed by atoms with Crippen molar-refractivity contribution in [2.75, 3.05) is 20.7 Å². The summed E-state index contributed by atoms with van der Waals surface area (Å²) in [6.07, 6.45) is 2.35. The molecule has 6 nitrogen and oxygen atoms in total. The van der Waals surface area contributed by atoms with Crippen LogP contribution in [0.5, 0.6) is 5.75 Å². The Morgan fingerprint density at radius 2 is 2.21 bits per heavy atom. The molecule has 0 amide bonds. The molecule has 0 radical (unpaired) electrons. The molecule has 1 aliphatic heterocycles. The molecule has 0 bridgehead atoms. The van der Waals surface area contributed by atoms with Crippen LogP contribution in [0.15, 0.2) is 29.2 Å². The van der Waals surface area contributed by atoms with Crippen molar-refractivity contribution in [1.29, 1.82) is 0 Å². The lowest BCUT2D eigenvalue weighted by atomic mass is 10.1. The molecule has 1 N–H and O–H groups in total. The summed E-state index contributed by atoms with van der Waals surface area (Å²) in [6.45, 7) is 1.59. The third kappa shape index (κ3) is 2.28. The molecule has 3 aromatic rings. The zero-order valence-corrected chi connectivity index (χ0v) is 13.5. The molecule has 0 fully saturated rings. The van der Waals surface area contributed by atoms with Crippen LogP contribution in [0.3, 0.4) is 0 Å². The fourth-order valence-corrected chi connectivity index (χ4v) is 3.14. The van der Waals surface area contributed by atoms with Crippen LogP contribution in [0.2, 0.25) is 0 Å². The standard InChI is InChI=1S/C17H17FN4O2/c1-21-6-5-14-12(8-21)16-19-15(9-22(16)17(23)20-14)11-4-3-10(24-2)7-13(11)18/h3-4,7,9H,5-6,8H2,1-2H3,(H,20,23). The Kier molecular flexibility index (Phi) is 3.38. The fraction of sp³-hybridized carbons (Fsp3) is 0.294. The van der Waals surface area contributed by atoms with Gasteiger partial charge < -0.3 is 14.6 Å². The van der Waals surface area contributed by atoms with Gasteiger partial charge in [0.15, 0.2) is 0 Å². The summed E-state index contributed by atoms with van der Waals surface area (Å²) in [7, 11) is 3.51. The highest BCUT2D eigenvalue weighted by molar-refractivity contribution is 5.66. The molecule has 4 rings (SSSR count).